The predicted molar refractivity (Wildman–Crippen MR) is 104 cm³/mol. The number of ether oxygens (including phenoxy) is 2. The quantitative estimate of drug-likeness (QED) is 0.888. The second-order valence-electron chi connectivity index (χ2n) is 7.75. The molecule has 3 aliphatic rings. The maximum Gasteiger partial charge on any atom is 0.130 e. The van der Waals surface area contributed by atoms with Gasteiger partial charge in [-0.25, -0.2) is 0 Å². The summed E-state index contributed by atoms with van der Waals surface area (Å²) in [5.74, 6) is 2.68. The minimum Gasteiger partial charge on any atom is -0.493 e. The molecule has 1 saturated heterocycles. The van der Waals surface area contributed by atoms with Crippen molar-refractivity contribution in [3.8, 4) is 11.5 Å². The maximum atomic E-state index is 6.53. The number of nitrogens with one attached hydrogen (secondary N) is 1. The fourth-order valence-corrected chi connectivity index (χ4v) is 3.94. The Labute approximate surface area is 155 Å². The molecular weight excluding hydrogens is 322 g/mol. The lowest BCUT2D eigenvalue weighted by Gasteiger charge is -2.40. The Balaban J connectivity index is 1.55. The molecule has 3 heteroatoms. The van der Waals surface area contributed by atoms with Gasteiger partial charge in [0.1, 0.15) is 17.1 Å². The fraction of sp³-hybridized carbons (Fsp3) is 0.391. The van der Waals surface area contributed by atoms with Gasteiger partial charge < -0.3 is 14.8 Å². The molecule has 0 unspecified atom stereocenters. The molecule has 0 bridgehead atoms. The summed E-state index contributed by atoms with van der Waals surface area (Å²) in [5.41, 5.74) is 3.47. The summed E-state index contributed by atoms with van der Waals surface area (Å²) >= 11 is 0. The molecule has 1 spiro atoms. The van der Waals surface area contributed by atoms with Crippen molar-refractivity contribution in [2.75, 3.05) is 19.7 Å². The molecule has 5 rings (SSSR count). The van der Waals surface area contributed by atoms with Crippen molar-refractivity contribution in [3.63, 3.8) is 0 Å². The van der Waals surface area contributed by atoms with E-state index in [4.69, 9.17) is 9.47 Å². The van der Waals surface area contributed by atoms with Crippen LogP contribution in [-0.4, -0.2) is 25.3 Å². The van der Waals surface area contributed by atoms with Gasteiger partial charge in [0, 0.05) is 18.4 Å². The molecule has 26 heavy (non-hydrogen) atoms. The largest absolute Gasteiger partial charge is 0.493 e. The molecule has 1 saturated carbocycles. The van der Waals surface area contributed by atoms with Gasteiger partial charge >= 0.3 is 0 Å². The highest BCUT2D eigenvalue weighted by atomic mass is 16.5. The monoisotopic (exact) mass is 347 g/mol. The van der Waals surface area contributed by atoms with E-state index >= 15 is 0 Å². The normalized spacial score (nSPS) is 20.8. The summed E-state index contributed by atoms with van der Waals surface area (Å²) in [5, 5.41) is 3.45. The third-order valence-electron chi connectivity index (χ3n) is 5.68. The average molecular weight is 347 g/mol. The second kappa shape index (κ2) is 6.48. The lowest BCUT2D eigenvalue weighted by atomic mass is 9.83. The molecule has 2 aromatic rings. The minimum absolute atomic E-state index is 0.195. The van der Waals surface area contributed by atoms with Gasteiger partial charge in [-0.3, -0.25) is 0 Å². The topological polar surface area (TPSA) is 30.5 Å². The maximum absolute atomic E-state index is 6.53. The van der Waals surface area contributed by atoms with E-state index in [1.165, 1.54) is 24.0 Å². The standard InChI is InChI=1S/C23H25NO2/c1-2-4-18(5-3-1)21-15-23(10-12-24-13-11-23)26-22-9-8-19(14-20(21)22)25-16-17-6-7-17/h1-5,8-9,14-15,17,24H,6-7,10-13,16H2. The number of fused-ring (bicyclic) bond motifs is 1. The third kappa shape index (κ3) is 3.12. The van der Waals surface area contributed by atoms with Crippen LogP contribution in [-0.2, 0) is 0 Å². The highest BCUT2D eigenvalue weighted by molar-refractivity contribution is 5.85. The van der Waals surface area contributed by atoms with Crippen LogP contribution in [0.3, 0.4) is 0 Å². The first-order valence-electron chi connectivity index (χ1n) is 9.77. The zero-order valence-electron chi connectivity index (χ0n) is 15.0. The van der Waals surface area contributed by atoms with Crippen molar-refractivity contribution >= 4 is 5.57 Å². The van der Waals surface area contributed by atoms with Crippen LogP contribution in [0.4, 0.5) is 0 Å². The van der Waals surface area contributed by atoms with E-state index in [0.29, 0.717) is 0 Å². The molecule has 0 amide bonds. The zero-order chi connectivity index (χ0) is 17.4. The van der Waals surface area contributed by atoms with E-state index in [0.717, 1.165) is 55.5 Å². The lowest BCUT2D eigenvalue weighted by molar-refractivity contribution is 0.0815. The van der Waals surface area contributed by atoms with Gasteiger partial charge in [0.15, 0.2) is 0 Å². The molecule has 0 radical (unpaired) electrons. The zero-order valence-corrected chi connectivity index (χ0v) is 15.0. The second-order valence-corrected chi connectivity index (χ2v) is 7.75. The highest BCUT2D eigenvalue weighted by Crippen LogP contribution is 2.44. The van der Waals surface area contributed by atoms with E-state index in [9.17, 15) is 0 Å². The van der Waals surface area contributed by atoms with Crippen LogP contribution in [0.2, 0.25) is 0 Å². The summed E-state index contributed by atoms with van der Waals surface area (Å²) in [4.78, 5) is 0. The molecule has 134 valence electrons. The summed E-state index contributed by atoms with van der Waals surface area (Å²) < 4.78 is 12.6. The van der Waals surface area contributed by atoms with Gasteiger partial charge in [0.2, 0.25) is 0 Å². The summed E-state index contributed by atoms with van der Waals surface area (Å²) in [6.07, 6.45) is 6.97. The Morgan fingerprint density at radius 1 is 1.04 bits per heavy atom. The molecular formula is C23H25NO2. The Morgan fingerprint density at radius 3 is 2.62 bits per heavy atom. The van der Waals surface area contributed by atoms with Crippen LogP contribution < -0.4 is 14.8 Å². The minimum atomic E-state index is -0.195. The summed E-state index contributed by atoms with van der Waals surface area (Å²) in [6, 6.07) is 17.0. The number of piperidine rings is 1. The van der Waals surface area contributed by atoms with Crippen molar-refractivity contribution in [1.29, 1.82) is 0 Å². The van der Waals surface area contributed by atoms with Crippen molar-refractivity contribution in [2.45, 2.75) is 31.3 Å². The van der Waals surface area contributed by atoms with Gasteiger partial charge in [0.05, 0.1) is 6.61 Å². The molecule has 0 atom stereocenters. The van der Waals surface area contributed by atoms with Crippen molar-refractivity contribution in [1.82, 2.24) is 5.32 Å². The molecule has 2 heterocycles. The van der Waals surface area contributed by atoms with Crippen LogP contribution in [0.25, 0.3) is 5.57 Å². The van der Waals surface area contributed by atoms with Crippen LogP contribution in [0, 0.1) is 5.92 Å². The fourth-order valence-electron chi connectivity index (χ4n) is 3.94. The molecule has 1 N–H and O–H groups in total. The van der Waals surface area contributed by atoms with E-state index < -0.39 is 0 Å². The average Bonchev–Trinajstić information content (AvgIpc) is 3.52. The van der Waals surface area contributed by atoms with E-state index in [-0.39, 0.29) is 5.60 Å². The van der Waals surface area contributed by atoms with Crippen LogP contribution >= 0.6 is 0 Å². The van der Waals surface area contributed by atoms with E-state index in [1.54, 1.807) is 0 Å². The molecule has 0 aromatic heterocycles. The predicted octanol–water partition coefficient (Wildman–Crippen LogP) is 4.42. The molecule has 2 fully saturated rings. The number of hydrogen-bond acceptors (Lipinski definition) is 3. The molecule has 1 aliphatic carbocycles. The van der Waals surface area contributed by atoms with Gasteiger partial charge in [-0.2, -0.15) is 0 Å². The van der Waals surface area contributed by atoms with Crippen molar-refractivity contribution in [3.05, 3.63) is 65.7 Å². The summed E-state index contributed by atoms with van der Waals surface area (Å²) in [7, 11) is 0. The van der Waals surface area contributed by atoms with E-state index in [2.05, 4.69) is 59.9 Å². The van der Waals surface area contributed by atoms with Gasteiger partial charge in [-0.05, 0) is 67.3 Å². The molecule has 2 aliphatic heterocycles. The Bertz CT molecular complexity index is 817. The van der Waals surface area contributed by atoms with Crippen molar-refractivity contribution in [2.24, 2.45) is 5.92 Å². The molecule has 2 aromatic carbocycles. The van der Waals surface area contributed by atoms with Crippen LogP contribution in [0.15, 0.2) is 54.6 Å². The number of benzene rings is 2. The van der Waals surface area contributed by atoms with Gasteiger partial charge in [-0.1, -0.05) is 30.3 Å². The van der Waals surface area contributed by atoms with E-state index in [1.807, 2.05) is 0 Å². The third-order valence-corrected chi connectivity index (χ3v) is 5.68. The highest BCUT2D eigenvalue weighted by Gasteiger charge is 2.37. The Morgan fingerprint density at radius 2 is 1.85 bits per heavy atom. The number of rotatable bonds is 4. The summed E-state index contributed by atoms with van der Waals surface area (Å²) in [6.45, 7) is 2.83. The lowest BCUT2D eigenvalue weighted by Crippen LogP contribution is -2.46. The van der Waals surface area contributed by atoms with Crippen molar-refractivity contribution < 1.29 is 9.47 Å². The van der Waals surface area contributed by atoms with Gasteiger partial charge in [-0.15, -0.1) is 0 Å². The Kier molecular flexibility index (Phi) is 3.97. The smallest absolute Gasteiger partial charge is 0.130 e. The Hall–Kier alpha value is -2.26. The first-order valence-corrected chi connectivity index (χ1v) is 9.77. The number of hydrogen-bond donors (Lipinski definition) is 1. The first kappa shape index (κ1) is 16.0. The SMILES string of the molecule is C1=C(c2ccccc2)c2cc(OCC3CC3)ccc2OC12CCNCC2. The van der Waals surface area contributed by atoms with Gasteiger partial charge in [0.25, 0.3) is 0 Å². The van der Waals surface area contributed by atoms with Crippen LogP contribution in [0.5, 0.6) is 11.5 Å². The first-order chi connectivity index (χ1) is 12.8. The van der Waals surface area contributed by atoms with Crippen LogP contribution in [0.1, 0.15) is 36.8 Å². The molecule has 3 nitrogen and oxygen atoms in total.